The maximum atomic E-state index is 13.4. The number of benzene rings is 2. The second-order valence-electron chi connectivity index (χ2n) is 8.51. The van der Waals surface area contributed by atoms with Crippen LogP contribution in [0.25, 0.3) is 0 Å². The van der Waals surface area contributed by atoms with E-state index in [0.717, 1.165) is 24.0 Å². The molecule has 7 nitrogen and oxygen atoms in total. The van der Waals surface area contributed by atoms with Crippen LogP contribution in [0.2, 0.25) is 0 Å². The molecule has 0 bridgehead atoms. The number of nitrogens with two attached hydrogens (primary N) is 1. The summed E-state index contributed by atoms with van der Waals surface area (Å²) in [6.07, 6.45) is 2.67. The van der Waals surface area contributed by atoms with Gasteiger partial charge in [0.05, 0.1) is 0 Å². The molecule has 0 aliphatic carbocycles. The molecule has 34 heavy (non-hydrogen) atoms. The van der Waals surface area contributed by atoms with E-state index >= 15 is 0 Å². The first-order valence-corrected chi connectivity index (χ1v) is 12.5. The summed E-state index contributed by atoms with van der Waals surface area (Å²) in [6.45, 7) is 4.46. The Morgan fingerprint density at radius 1 is 1.06 bits per heavy atom. The molecule has 1 aliphatic heterocycles. The van der Waals surface area contributed by atoms with Crippen molar-refractivity contribution < 1.29 is 22.3 Å². The smallest absolute Gasteiger partial charge is 0.259 e. The minimum atomic E-state index is -4.11. The molecular weight excluding hydrogens is 457 g/mol. The molecular formula is C25H26FN3O4S. The number of primary sulfonamides is 1. The molecule has 2 heterocycles. The molecule has 2 N–H and O–H groups in total. The van der Waals surface area contributed by atoms with E-state index in [4.69, 9.17) is 9.88 Å². The molecule has 1 aromatic heterocycles. The molecule has 1 aliphatic rings. The monoisotopic (exact) mass is 483 g/mol. The second-order valence-corrected chi connectivity index (χ2v) is 9.99. The predicted octanol–water partition coefficient (Wildman–Crippen LogP) is 4.30. The fourth-order valence-electron chi connectivity index (χ4n) is 4.19. The Labute approximate surface area is 198 Å². The number of carbonyl (C=O) groups excluding carboxylic acids is 1. The molecule has 0 spiro atoms. The SMILES string of the molecule is Cc1ccc(Oc2c(C(=O)N3CCC(c4ccc(F)cc4)CC3)cnc(S(N)(=O)=O)c2C)cc1. The van der Waals surface area contributed by atoms with E-state index in [9.17, 15) is 17.6 Å². The van der Waals surface area contributed by atoms with Gasteiger partial charge in [0, 0.05) is 24.8 Å². The molecule has 1 amide bonds. The summed E-state index contributed by atoms with van der Waals surface area (Å²) in [6, 6.07) is 13.7. The van der Waals surface area contributed by atoms with Gasteiger partial charge in [0.1, 0.15) is 22.9 Å². The zero-order valence-electron chi connectivity index (χ0n) is 19.0. The van der Waals surface area contributed by atoms with Gasteiger partial charge in [0.2, 0.25) is 0 Å². The van der Waals surface area contributed by atoms with E-state index in [-0.39, 0.29) is 39.5 Å². The quantitative estimate of drug-likeness (QED) is 0.583. The number of sulfonamides is 1. The number of likely N-dealkylation sites (tertiary alicyclic amines) is 1. The van der Waals surface area contributed by atoms with Gasteiger partial charge < -0.3 is 9.64 Å². The van der Waals surface area contributed by atoms with Crippen LogP contribution in [-0.2, 0) is 10.0 Å². The Balaban J connectivity index is 1.61. The first-order chi connectivity index (χ1) is 16.1. The highest BCUT2D eigenvalue weighted by molar-refractivity contribution is 7.89. The lowest BCUT2D eigenvalue weighted by Crippen LogP contribution is -2.38. The fraction of sp³-hybridized carbons (Fsp3) is 0.280. The van der Waals surface area contributed by atoms with Gasteiger partial charge >= 0.3 is 0 Å². The van der Waals surface area contributed by atoms with Crippen molar-refractivity contribution in [1.29, 1.82) is 0 Å². The van der Waals surface area contributed by atoms with E-state index < -0.39 is 10.0 Å². The minimum Gasteiger partial charge on any atom is -0.456 e. The average molecular weight is 484 g/mol. The Hall–Kier alpha value is -3.30. The molecule has 2 aromatic carbocycles. The van der Waals surface area contributed by atoms with Gasteiger partial charge in [-0.05, 0) is 62.4 Å². The molecule has 0 radical (unpaired) electrons. The van der Waals surface area contributed by atoms with E-state index in [2.05, 4.69) is 4.98 Å². The van der Waals surface area contributed by atoms with Crippen LogP contribution in [0.3, 0.4) is 0 Å². The van der Waals surface area contributed by atoms with Gasteiger partial charge in [-0.15, -0.1) is 0 Å². The molecule has 1 fully saturated rings. The van der Waals surface area contributed by atoms with Crippen molar-refractivity contribution in [3.05, 3.63) is 82.8 Å². The first kappa shape index (κ1) is 23.8. The molecule has 1 saturated heterocycles. The van der Waals surface area contributed by atoms with Gasteiger partial charge in [-0.25, -0.2) is 22.9 Å². The highest BCUT2D eigenvalue weighted by Crippen LogP contribution is 2.34. The molecule has 4 rings (SSSR count). The van der Waals surface area contributed by atoms with Crippen molar-refractivity contribution in [2.45, 2.75) is 37.6 Å². The normalized spacial score (nSPS) is 14.8. The molecule has 178 valence electrons. The van der Waals surface area contributed by atoms with Crippen molar-refractivity contribution in [3.8, 4) is 11.5 Å². The van der Waals surface area contributed by atoms with Crippen LogP contribution in [0.15, 0.2) is 59.8 Å². The zero-order chi connectivity index (χ0) is 24.5. The lowest BCUT2D eigenvalue weighted by atomic mass is 9.89. The third kappa shape index (κ3) is 5.10. The van der Waals surface area contributed by atoms with Crippen LogP contribution in [0.1, 0.15) is 45.8 Å². The predicted molar refractivity (Wildman–Crippen MR) is 126 cm³/mol. The summed E-state index contributed by atoms with van der Waals surface area (Å²) in [5, 5.41) is 4.99. The number of carbonyl (C=O) groups is 1. The minimum absolute atomic E-state index is 0.119. The molecule has 0 atom stereocenters. The number of ether oxygens (including phenoxy) is 1. The van der Waals surface area contributed by atoms with E-state index in [0.29, 0.717) is 18.8 Å². The number of pyridine rings is 1. The lowest BCUT2D eigenvalue weighted by molar-refractivity contribution is 0.0709. The first-order valence-electron chi connectivity index (χ1n) is 10.9. The number of amides is 1. The number of aryl methyl sites for hydroxylation is 1. The number of hydrogen-bond acceptors (Lipinski definition) is 5. The molecule has 0 saturated carbocycles. The van der Waals surface area contributed by atoms with Crippen molar-refractivity contribution in [1.82, 2.24) is 9.88 Å². The third-order valence-corrected chi connectivity index (χ3v) is 7.03. The summed E-state index contributed by atoms with van der Waals surface area (Å²) in [7, 11) is -4.11. The summed E-state index contributed by atoms with van der Waals surface area (Å²) in [5.74, 6) is 0.245. The molecule has 9 heteroatoms. The van der Waals surface area contributed by atoms with E-state index in [1.54, 1.807) is 29.2 Å². The Morgan fingerprint density at radius 3 is 2.26 bits per heavy atom. The number of halogens is 1. The van der Waals surface area contributed by atoms with Gasteiger partial charge in [-0.3, -0.25) is 4.79 Å². The Bertz CT molecular complexity index is 1300. The summed E-state index contributed by atoms with van der Waals surface area (Å²) in [5.41, 5.74) is 2.43. The Kier molecular flexibility index (Phi) is 6.67. The van der Waals surface area contributed by atoms with Crippen LogP contribution in [0.5, 0.6) is 11.5 Å². The largest absolute Gasteiger partial charge is 0.456 e. The molecule has 3 aromatic rings. The van der Waals surface area contributed by atoms with Gasteiger partial charge in [-0.2, -0.15) is 0 Å². The van der Waals surface area contributed by atoms with Gasteiger partial charge in [0.25, 0.3) is 15.9 Å². The second kappa shape index (κ2) is 9.52. The number of aromatic nitrogens is 1. The standard InChI is InChI=1S/C25H26FN3O4S/c1-16-3-9-21(10-4-16)33-23-17(2)24(34(27,31)32)28-15-22(23)25(30)29-13-11-19(12-14-29)18-5-7-20(26)8-6-18/h3-10,15,19H,11-14H2,1-2H3,(H2,27,31,32). The number of rotatable bonds is 5. The number of hydrogen-bond donors (Lipinski definition) is 1. The highest BCUT2D eigenvalue weighted by Gasteiger charge is 2.29. The summed E-state index contributed by atoms with van der Waals surface area (Å²) in [4.78, 5) is 19.1. The fourth-order valence-corrected chi connectivity index (χ4v) is 4.91. The van der Waals surface area contributed by atoms with Crippen LogP contribution < -0.4 is 9.88 Å². The van der Waals surface area contributed by atoms with Crippen molar-refractivity contribution in [2.75, 3.05) is 13.1 Å². The van der Waals surface area contributed by atoms with Crippen molar-refractivity contribution in [2.24, 2.45) is 5.14 Å². The molecule has 0 unspecified atom stereocenters. The van der Waals surface area contributed by atoms with E-state index in [1.807, 2.05) is 19.1 Å². The Morgan fingerprint density at radius 2 is 1.68 bits per heavy atom. The van der Waals surface area contributed by atoms with Crippen LogP contribution >= 0.6 is 0 Å². The van der Waals surface area contributed by atoms with Gasteiger partial charge in [0.15, 0.2) is 5.03 Å². The van der Waals surface area contributed by atoms with Gasteiger partial charge in [-0.1, -0.05) is 29.8 Å². The van der Waals surface area contributed by atoms with Crippen LogP contribution in [0.4, 0.5) is 4.39 Å². The maximum Gasteiger partial charge on any atom is 0.259 e. The van der Waals surface area contributed by atoms with Crippen molar-refractivity contribution in [3.63, 3.8) is 0 Å². The number of piperidine rings is 1. The summed E-state index contributed by atoms with van der Waals surface area (Å²) >= 11 is 0. The number of nitrogens with zero attached hydrogens (tertiary/aromatic N) is 2. The van der Waals surface area contributed by atoms with E-state index in [1.165, 1.54) is 25.3 Å². The average Bonchev–Trinajstić information content (AvgIpc) is 2.81. The summed E-state index contributed by atoms with van der Waals surface area (Å²) < 4.78 is 43.3. The highest BCUT2D eigenvalue weighted by atomic mass is 32.2. The third-order valence-electron chi connectivity index (χ3n) is 6.08. The van der Waals surface area contributed by atoms with Crippen LogP contribution in [0, 0.1) is 19.7 Å². The van der Waals surface area contributed by atoms with Crippen molar-refractivity contribution >= 4 is 15.9 Å². The topological polar surface area (TPSA) is 103 Å². The lowest BCUT2D eigenvalue weighted by Gasteiger charge is -2.32. The zero-order valence-corrected chi connectivity index (χ0v) is 19.8. The van der Waals surface area contributed by atoms with Crippen LogP contribution in [-0.4, -0.2) is 37.3 Å². The maximum absolute atomic E-state index is 13.4.